The van der Waals surface area contributed by atoms with Gasteiger partial charge in [-0.15, -0.1) is 0 Å². The number of halogens is 1. The molecular formula is C15H21FN2O. The van der Waals surface area contributed by atoms with Crippen LogP contribution in [0.2, 0.25) is 0 Å². The average Bonchev–Trinajstić information content (AvgIpc) is 2.39. The minimum Gasteiger partial charge on any atom is -0.370 e. The molecule has 19 heavy (non-hydrogen) atoms. The van der Waals surface area contributed by atoms with Gasteiger partial charge in [0, 0.05) is 12.5 Å². The van der Waals surface area contributed by atoms with Gasteiger partial charge in [-0.1, -0.05) is 12.1 Å². The summed E-state index contributed by atoms with van der Waals surface area (Å²) in [4.78, 5) is 13.3. The molecular weight excluding hydrogens is 243 g/mol. The standard InChI is InChI=1S/C15H21FN2O/c1-11(13-2-4-14(16)5-3-13)18-8-6-12(7-9-18)10-15(17)19/h2-5,11-12H,6-10H2,1H3,(H2,17,19). The lowest BCUT2D eigenvalue weighted by Gasteiger charge is -2.36. The van der Waals surface area contributed by atoms with Crippen molar-refractivity contribution in [1.29, 1.82) is 0 Å². The van der Waals surface area contributed by atoms with Gasteiger partial charge < -0.3 is 5.73 Å². The molecule has 1 aromatic carbocycles. The molecule has 1 aliphatic heterocycles. The highest BCUT2D eigenvalue weighted by Crippen LogP contribution is 2.27. The van der Waals surface area contributed by atoms with Gasteiger partial charge in [0.25, 0.3) is 0 Å². The summed E-state index contributed by atoms with van der Waals surface area (Å²) in [5.41, 5.74) is 6.37. The Hall–Kier alpha value is -1.42. The van der Waals surface area contributed by atoms with E-state index < -0.39 is 0 Å². The lowest BCUT2D eigenvalue weighted by Crippen LogP contribution is -2.36. The third-order valence-corrected chi connectivity index (χ3v) is 4.04. The number of rotatable bonds is 4. The van der Waals surface area contributed by atoms with Crippen molar-refractivity contribution < 1.29 is 9.18 Å². The van der Waals surface area contributed by atoms with E-state index in [4.69, 9.17) is 5.73 Å². The predicted molar refractivity (Wildman–Crippen MR) is 72.9 cm³/mol. The Labute approximate surface area is 113 Å². The van der Waals surface area contributed by atoms with E-state index in [9.17, 15) is 9.18 Å². The van der Waals surface area contributed by atoms with Crippen LogP contribution in [0.15, 0.2) is 24.3 Å². The van der Waals surface area contributed by atoms with Crippen molar-refractivity contribution in [2.24, 2.45) is 11.7 Å². The minimum atomic E-state index is -0.204. The van der Waals surface area contributed by atoms with Gasteiger partial charge in [0.15, 0.2) is 0 Å². The summed E-state index contributed by atoms with van der Waals surface area (Å²) in [6.45, 7) is 4.08. The number of nitrogens with zero attached hydrogens (tertiary/aromatic N) is 1. The Morgan fingerprint density at radius 3 is 2.47 bits per heavy atom. The Morgan fingerprint density at radius 2 is 1.95 bits per heavy atom. The molecule has 1 saturated heterocycles. The Morgan fingerprint density at radius 1 is 1.37 bits per heavy atom. The third-order valence-electron chi connectivity index (χ3n) is 4.04. The van der Waals surface area contributed by atoms with Crippen LogP contribution in [0.3, 0.4) is 0 Å². The summed E-state index contributed by atoms with van der Waals surface area (Å²) in [5.74, 6) is 0.0234. The van der Waals surface area contributed by atoms with Gasteiger partial charge in [0.05, 0.1) is 0 Å². The van der Waals surface area contributed by atoms with E-state index in [0.29, 0.717) is 12.3 Å². The summed E-state index contributed by atoms with van der Waals surface area (Å²) in [7, 11) is 0. The zero-order valence-corrected chi connectivity index (χ0v) is 11.3. The van der Waals surface area contributed by atoms with Gasteiger partial charge in [-0.05, 0) is 56.5 Å². The fourth-order valence-corrected chi connectivity index (χ4v) is 2.78. The second-order valence-corrected chi connectivity index (χ2v) is 5.38. The number of hydrogen-bond acceptors (Lipinski definition) is 2. The first-order valence-electron chi connectivity index (χ1n) is 6.84. The van der Waals surface area contributed by atoms with E-state index in [-0.39, 0.29) is 17.8 Å². The van der Waals surface area contributed by atoms with Crippen LogP contribution in [0.5, 0.6) is 0 Å². The maximum atomic E-state index is 12.9. The molecule has 1 aromatic rings. The smallest absolute Gasteiger partial charge is 0.217 e. The first-order chi connectivity index (χ1) is 9.06. The maximum absolute atomic E-state index is 12.9. The van der Waals surface area contributed by atoms with Crippen molar-refractivity contribution in [3.63, 3.8) is 0 Å². The molecule has 0 bridgehead atoms. The highest BCUT2D eigenvalue weighted by Gasteiger charge is 2.24. The summed E-state index contributed by atoms with van der Waals surface area (Å²) < 4.78 is 12.9. The minimum absolute atomic E-state index is 0.198. The topological polar surface area (TPSA) is 46.3 Å². The number of hydrogen-bond donors (Lipinski definition) is 1. The van der Waals surface area contributed by atoms with E-state index in [1.54, 1.807) is 0 Å². The third kappa shape index (κ3) is 3.77. The van der Waals surface area contributed by atoms with Crippen molar-refractivity contribution in [3.05, 3.63) is 35.6 Å². The lowest BCUT2D eigenvalue weighted by atomic mass is 9.92. The van der Waals surface area contributed by atoms with Crippen molar-refractivity contribution in [3.8, 4) is 0 Å². The van der Waals surface area contributed by atoms with Crippen LogP contribution in [-0.2, 0) is 4.79 Å². The van der Waals surface area contributed by atoms with Crippen LogP contribution < -0.4 is 5.73 Å². The summed E-state index contributed by atoms with van der Waals surface area (Å²) >= 11 is 0. The summed E-state index contributed by atoms with van der Waals surface area (Å²) in [6.07, 6.45) is 2.52. The molecule has 1 aliphatic rings. The normalized spacial score (nSPS) is 19.3. The van der Waals surface area contributed by atoms with Gasteiger partial charge in [-0.25, -0.2) is 4.39 Å². The van der Waals surface area contributed by atoms with Crippen molar-refractivity contribution >= 4 is 5.91 Å². The molecule has 4 heteroatoms. The molecule has 0 aromatic heterocycles. The van der Waals surface area contributed by atoms with E-state index >= 15 is 0 Å². The van der Waals surface area contributed by atoms with E-state index in [0.717, 1.165) is 31.5 Å². The summed E-state index contributed by atoms with van der Waals surface area (Å²) in [5, 5.41) is 0. The summed E-state index contributed by atoms with van der Waals surface area (Å²) in [6, 6.07) is 6.98. The molecule has 0 saturated carbocycles. The molecule has 2 N–H and O–H groups in total. The van der Waals surface area contributed by atoms with Crippen LogP contribution in [0.1, 0.15) is 37.8 Å². The molecule has 1 atom stereocenters. The number of nitrogens with two attached hydrogens (primary N) is 1. The number of carbonyl (C=O) groups is 1. The first kappa shape index (κ1) is 14.0. The van der Waals surface area contributed by atoms with Crippen molar-refractivity contribution in [2.45, 2.75) is 32.2 Å². The molecule has 1 unspecified atom stereocenters. The SMILES string of the molecule is CC(c1ccc(F)cc1)N1CCC(CC(N)=O)CC1. The molecule has 2 rings (SSSR count). The Kier molecular flexibility index (Phi) is 4.53. The van der Waals surface area contributed by atoms with E-state index in [1.165, 1.54) is 12.1 Å². The fraction of sp³-hybridized carbons (Fsp3) is 0.533. The van der Waals surface area contributed by atoms with Gasteiger partial charge in [-0.2, -0.15) is 0 Å². The average molecular weight is 264 g/mol. The molecule has 1 heterocycles. The second-order valence-electron chi connectivity index (χ2n) is 5.38. The van der Waals surface area contributed by atoms with Gasteiger partial charge in [0.1, 0.15) is 5.82 Å². The second kappa shape index (κ2) is 6.15. The van der Waals surface area contributed by atoms with Crippen LogP contribution in [0.25, 0.3) is 0 Å². The van der Waals surface area contributed by atoms with Crippen LogP contribution in [-0.4, -0.2) is 23.9 Å². The number of primary amides is 1. The molecule has 3 nitrogen and oxygen atoms in total. The van der Waals surface area contributed by atoms with E-state index in [2.05, 4.69) is 11.8 Å². The molecule has 0 spiro atoms. The van der Waals surface area contributed by atoms with E-state index in [1.807, 2.05) is 12.1 Å². The number of benzene rings is 1. The number of likely N-dealkylation sites (tertiary alicyclic amines) is 1. The molecule has 0 radical (unpaired) electrons. The van der Waals surface area contributed by atoms with Crippen molar-refractivity contribution in [2.75, 3.05) is 13.1 Å². The Bertz CT molecular complexity index is 424. The van der Waals surface area contributed by atoms with Crippen LogP contribution in [0, 0.1) is 11.7 Å². The predicted octanol–water partition coefficient (Wildman–Crippen LogP) is 2.47. The molecule has 1 fully saturated rings. The van der Waals surface area contributed by atoms with Gasteiger partial charge in [0.2, 0.25) is 5.91 Å². The van der Waals surface area contributed by atoms with Crippen LogP contribution in [0.4, 0.5) is 4.39 Å². The zero-order chi connectivity index (χ0) is 13.8. The van der Waals surface area contributed by atoms with Gasteiger partial charge >= 0.3 is 0 Å². The quantitative estimate of drug-likeness (QED) is 0.908. The monoisotopic (exact) mass is 264 g/mol. The molecule has 104 valence electrons. The largest absolute Gasteiger partial charge is 0.370 e. The Balaban J connectivity index is 1.90. The highest BCUT2D eigenvalue weighted by atomic mass is 19.1. The number of carbonyl (C=O) groups excluding carboxylic acids is 1. The molecule has 1 amide bonds. The highest BCUT2D eigenvalue weighted by molar-refractivity contribution is 5.73. The zero-order valence-electron chi connectivity index (χ0n) is 11.3. The number of piperidine rings is 1. The van der Waals surface area contributed by atoms with Crippen LogP contribution >= 0.6 is 0 Å². The van der Waals surface area contributed by atoms with Crippen molar-refractivity contribution in [1.82, 2.24) is 4.90 Å². The van der Waals surface area contributed by atoms with Gasteiger partial charge in [-0.3, -0.25) is 9.69 Å². The maximum Gasteiger partial charge on any atom is 0.217 e. The number of amides is 1. The molecule has 0 aliphatic carbocycles. The lowest BCUT2D eigenvalue weighted by molar-refractivity contribution is -0.119. The fourth-order valence-electron chi connectivity index (χ4n) is 2.78. The first-order valence-corrected chi connectivity index (χ1v) is 6.84.